The Labute approximate surface area is 175 Å². The number of anilines is 1. The molecule has 0 saturated carbocycles. The largest absolute Gasteiger partial charge is 0.384 e. The lowest BCUT2D eigenvalue weighted by Gasteiger charge is -2.08. The van der Waals surface area contributed by atoms with Gasteiger partial charge < -0.3 is 10.1 Å². The average molecular weight is 423 g/mol. The molecule has 0 spiro atoms. The Hall–Kier alpha value is -3.29. The van der Waals surface area contributed by atoms with E-state index in [2.05, 4.69) is 5.32 Å². The van der Waals surface area contributed by atoms with Crippen LogP contribution in [0.4, 0.5) is 5.69 Å². The quantitative estimate of drug-likeness (QED) is 0.559. The highest BCUT2D eigenvalue weighted by Gasteiger charge is 2.15. The van der Waals surface area contributed by atoms with E-state index in [4.69, 9.17) is 4.74 Å². The van der Waals surface area contributed by atoms with Crippen molar-refractivity contribution in [2.75, 3.05) is 24.8 Å². The van der Waals surface area contributed by atoms with Gasteiger partial charge in [0.15, 0.2) is 15.6 Å². The van der Waals surface area contributed by atoms with E-state index in [9.17, 15) is 18.0 Å². The van der Waals surface area contributed by atoms with Gasteiger partial charge in [0.2, 0.25) is 0 Å². The SMILES string of the molecule is COCCS(=O)(=O)c1ccc(C(=O)Nc2cccc(C(=O)c3ccccc3)c2)cc1. The number of amides is 1. The van der Waals surface area contributed by atoms with E-state index in [1.165, 1.54) is 31.4 Å². The third-order valence-electron chi connectivity index (χ3n) is 4.45. The van der Waals surface area contributed by atoms with E-state index < -0.39 is 15.7 Å². The number of benzene rings is 3. The molecule has 0 aromatic heterocycles. The highest BCUT2D eigenvalue weighted by molar-refractivity contribution is 7.91. The number of nitrogens with one attached hydrogen (secondary N) is 1. The van der Waals surface area contributed by atoms with Crippen LogP contribution in [0.5, 0.6) is 0 Å². The van der Waals surface area contributed by atoms with Gasteiger partial charge in [-0.2, -0.15) is 0 Å². The molecule has 0 aliphatic heterocycles. The van der Waals surface area contributed by atoms with Crippen LogP contribution in [0.1, 0.15) is 26.3 Å². The number of ether oxygens (including phenoxy) is 1. The molecule has 3 aromatic rings. The molecule has 154 valence electrons. The van der Waals surface area contributed by atoms with E-state index >= 15 is 0 Å². The normalized spacial score (nSPS) is 11.1. The first kappa shape index (κ1) is 21.4. The molecule has 30 heavy (non-hydrogen) atoms. The van der Waals surface area contributed by atoms with Gasteiger partial charge in [0.25, 0.3) is 5.91 Å². The first-order valence-electron chi connectivity index (χ1n) is 9.23. The Kier molecular flexibility index (Phi) is 6.76. The standard InChI is InChI=1S/C23H21NO5S/c1-29-14-15-30(27,28)21-12-10-18(11-13-21)23(26)24-20-9-5-8-19(16-20)22(25)17-6-3-2-4-7-17/h2-13,16H,14-15H2,1H3,(H,24,26). The molecule has 6 nitrogen and oxygen atoms in total. The van der Waals surface area contributed by atoms with E-state index in [0.717, 1.165) is 0 Å². The first-order chi connectivity index (χ1) is 14.4. The van der Waals surface area contributed by atoms with Crippen LogP contribution in [0.3, 0.4) is 0 Å². The van der Waals surface area contributed by atoms with Crippen LogP contribution in [0.25, 0.3) is 0 Å². The maximum Gasteiger partial charge on any atom is 0.255 e. The van der Waals surface area contributed by atoms with Crippen LogP contribution < -0.4 is 5.32 Å². The van der Waals surface area contributed by atoms with Crippen molar-refractivity contribution < 1.29 is 22.7 Å². The second kappa shape index (κ2) is 9.47. The van der Waals surface area contributed by atoms with Gasteiger partial charge >= 0.3 is 0 Å². The third-order valence-corrected chi connectivity index (χ3v) is 6.14. The fourth-order valence-electron chi connectivity index (χ4n) is 2.82. The molecular weight excluding hydrogens is 402 g/mol. The molecule has 0 unspecified atom stereocenters. The summed E-state index contributed by atoms with van der Waals surface area (Å²) >= 11 is 0. The number of carbonyl (C=O) groups excluding carboxylic acids is 2. The summed E-state index contributed by atoms with van der Waals surface area (Å²) in [6, 6.07) is 21.2. The zero-order valence-electron chi connectivity index (χ0n) is 16.4. The molecule has 0 bridgehead atoms. The molecule has 0 heterocycles. The van der Waals surface area contributed by atoms with E-state index in [0.29, 0.717) is 22.4 Å². The minimum absolute atomic E-state index is 0.0998. The number of rotatable bonds is 8. The minimum Gasteiger partial charge on any atom is -0.384 e. The second-order valence-electron chi connectivity index (χ2n) is 6.57. The van der Waals surface area contributed by atoms with Gasteiger partial charge in [-0.15, -0.1) is 0 Å². The van der Waals surface area contributed by atoms with E-state index in [1.54, 1.807) is 48.5 Å². The maximum absolute atomic E-state index is 12.6. The maximum atomic E-state index is 12.6. The monoisotopic (exact) mass is 423 g/mol. The van der Waals surface area contributed by atoms with Crippen molar-refractivity contribution in [2.45, 2.75) is 4.90 Å². The van der Waals surface area contributed by atoms with Crippen molar-refractivity contribution in [3.63, 3.8) is 0 Å². The molecule has 3 rings (SSSR count). The van der Waals surface area contributed by atoms with Crippen LogP contribution in [-0.4, -0.2) is 39.6 Å². The van der Waals surface area contributed by atoms with Crippen molar-refractivity contribution in [1.29, 1.82) is 0 Å². The van der Waals surface area contributed by atoms with E-state index in [-0.39, 0.29) is 23.0 Å². The van der Waals surface area contributed by atoms with Crippen LogP contribution in [-0.2, 0) is 14.6 Å². The lowest BCUT2D eigenvalue weighted by molar-refractivity contribution is 0.102. The second-order valence-corrected chi connectivity index (χ2v) is 8.68. The number of hydrogen-bond acceptors (Lipinski definition) is 5. The average Bonchev–Trinajstić information content (AvgIpc) is 2.78. The van der Waals surface area contributed by atoms with Gasteiger partial charge in [0.05, 0.1) is 17.3 Å². The summed E-state index contributed by atoms with van der Waals surface area (Å²) in [7, 11) is -2.02. The lowest BCUT2D eigenvalue weighted by Crippen LogP contribution is -2.14. The predicted molar refractivity (Wildman–Crippen MR) is 115 cm³/mol. The van der Waals surface area contributed by atoms with Gasteiger partial charge in [-0.3, -0.25) is 9.59 Å². The van der Waals surface area contributed by atoms with Gasteiger partial charge in [0.1, 0.15) is 0 Å². The number of methoxy groups -OCH3 is 1. The Morgan fingerprint density at radius 3 is 2.17 bits per heavy atom. The van der Waals surface area contributed by atoms with Gasteiger partial charge in [0, 0.05) is 29.5 Å². The molecule has 1 N–H and O–H groups in total. The zero-order chi connectivity index (χ0) is 21.6. The first-order valence-corrected chi connectivity index (χ1v) is 10.9. The van der Waals surface area contributed by atoms with Crippen molar-refractivity contribution in [1.82, 2.24) is 0 Å². The van der Waals surface area contributed by atoms with Crippen LogP contribution in [0.15, 0.2) is 83.8 Å². The molecule has 7 heteroatoms. The van der Waals surface area contributed by atoms with Crippen molar-refractivity contribution in [3.8, 4) is 0 Å². The van der Waals surface area contributed by atoms with Crippen LogP contribution >= 0.6 is 0 Å². The summed E-state index contributed by atoms with van der Waals surface area (Å²) in [5.41, 5.74) is 1.80. The molecule has 3 aromatic carbocycles. The van der Waals surface area contributed by atoms with Crippen LogP contribution in [0.2, 0.25) is 0 Å². The molecule has 0 radical (unpaired) electrons. The zero-order valence-corrected chi connectivity index (χ0v) is 17.2. The summed E-state index contributed by atoms with van der Waals surface area (Å²) in [6.45, 7) is 0.0998. The summed E-state index contributed by atoms with van der Waals surface area (Å²) in [4.78, 5) is 25.2. The molecular formula is C23H21NO5S. The van der Waals surface area contributed by atoms with Crippen molar-refractivity contribution in [2.24, 2.45) is 0 Å². The molecule has 0 saturated heterocycles. The number of ketones is 1. The topological polar surface area (TPSA) is 89.5 Å². The summed E-state index contributed by atoms with van der Waals surface area (Å²) in [5.74, 6) is -0.672. The summed E-state index contributed by atoms with van der Waals surface area (Å²) < 4.78 is 29.2. The molecule has 1 amide bonds. The minimum atomic E-state index is -3.46. The fraction of sp³-hybridized carbons (Fsp3) is 0.130. The van der Waals surface area contributed by atoms with Gasteiger partial charge in [-0.25, -0.2) is 8.42 Å². The van der Waals surface area contributed by atoms with Gasteiger partial charge in [-0.1, -0.05) is 42.5 Å². The molecule has 0 atom stereocenters. The highest BCUT2D eigenvalue weighted by atomic mass is 32.2. The van der Waals surface area contributed by atoms with Crippen molar-refractivity contribution in [3.05, 3.63) is 95.6 Å². The fourth-order valence-corrected chi connectivity index (χ4v) is 3.99. The van der Waals surface area contributed by atoms with Crippen LogP contribution in [0, 0.1) is 0 Å². The Morgan fingerprint density at radius 2 is 1.50 bits per heavy atom. The lowest BCUT2D eigenvalue weighted by atomic mass is 10.0. The Morgan fingerprint density at radius 1 is 0.833 bits per heavy atom. The van der Waals surface area contributed by atoms with E-state index in [1.807, 2.05) is 6.07 Å². The Bertz CT molecular complexity index is 1140. The summed E-state index contributed by atoms with van der Waals surface area (Å²) in [5, 5.41) is 2.74. The van der Waals surface area contributed by atoms with Crippen molar-refractivity contribution >= 4 is 27.2 Å². The smallest absolute Gasteiger partial charge is 0.255 e. The third kappa shape index (κ3) is 5.20. The number of sulfone groups is 1. The molecule has 0 aliphatic carbocycles. The molecule has 0 fully saturated rings. The highest BCUT2D eigenvalue weighted by Crippen LogP contribution is 2.17. The number of carbonyl (C=O) groups is 2. The molecule has 0 aliphatic rings. The van der Waals surface area contributed by atoms with Gasteiger partial charge in [-0.05, 0) is 36.4 Å². The summed E-state index contributed by atoms with van der Waals surface area (Å²) in [6.07, 6.45) is 0. The Balaban J connectivity index is 1.73. The predicted octanol–water partition coefficient (Wildman–Crippen LogP) is 3.59. The number of hydrogen-bond donors (Lipinski definition) is 1.